The Hall–Kier alpha value is -0.450. The number of hydrogen-bond donors (Lipinski definition) is 2. The van der Waals surface area contributed by atoms with Crippen molar-refractivity contribution in [3.8, 4) is 0 Å². The Morgan fingerprint density at radius 1 is 1.50 bits per heavy atom. The normalized spacial score (nSPS) is 12.9. The van der Waals surface area contributed by atoms with Gasteiger partial charge in [-0.25, -0.2) is 4.39 Å². The van der Waals surface area contributed by atoms with Crippen molar-refractivity contribution in [2.45, 2.75) is 18.9 Å². The van der Waals surface area contributed by atoms with Gasteiger partial charge in [0.25, 0.3) is 0 Å². The Balaban J connectivity index is 2.79. The van der Waals surface area contributed by atoms with Crippen molar-refractivity contribution in [1.29, 1.82) is 0 Å². The minimum absolute atomic E-state index is 0.112. The van der Waals surface area contributed by atoms with Crippen LogP contribution >= 0.6 is 15.9 Å². The molecule has 2 nitrogen and oxygen atoms in total. The zero-order valence-electron chi connectivity index (χ0n) is 7.71. The molecule has 0 unspecified atom stereocenters. The first kappa shape index (κ1) is 11.6. The van der Waals surface area contributed by atoms with E-state index in [2.05, 4.69) is 15.9 Å². The summed E-state index contributed by atoms with van der Waals surface area (Å²) >= 11 is 3.16. The van der Waals surface area contributed by atoms with Gasteiger partial charge in [0.15, 0.2) is 0 Å². The van der Waals surface area contributed by atoms with Gasteiger partial charge in [0.2, 0.25) is 0 Å². The van der Waals surface area contributed by atoms with Crippen molar-refractivity contribution in [2.24, 2.45) is 5.73 Å². The van der Waals surface area contributed by atoms with E-state index in [1.807, 2.05) is 0 Å². The molecule has 0 aliphatic carbocycles. The molecule has 0 aromatic heterocycles. The summed E-state index contributed by atoms with van der Waals surface area (Å²) in [6.07, 6.45) is 1.28. The lowest BCUT2D eigenvalue weighted by atomic mass is 10.0. The van der Waals surface area contributed by atoms with E-state index < -0.39 is 0 Å². The molecule has 0 saturated carbocycles. The number of hydrogen-bond acceptors (Lipinski definition) is 2. The standard InChI is InChI=1S/C10H13BrFNO/c11-10-7(3-1-4-8(10)12)9(13)5-2-6-14/h1,3-4,9,14H,2,5-6,13H2/t9-/m0/s1. The maximum Gasteiger partial charge on any atom is 0.137 e. The van der Waals surface area contributed by atoms with Crippen LogP contribution in [0.3, 0.4) is 0 Å². The smallest absolute Gasteiger partial charge is 0.137 e. The zero-order chi connectivity index (χ0) is 10.6. The fraction of sp³-hybridized carbons (Fsp3) is 0.400. The molecule has 0 bridgehead atoms. The number of nitrogens with two attached hydrogens (primary N) is 1. The molecule has 1 atom stereocenters. The largest absolute Gasteiger partial charge is 0.396 e. The van der Waals surface area contributed by atoms with E-state index in [1.165, 1.54) is 6.07 Å². The monoisotopic (exact) mass is 261 g/mol. The summed E-state index contributed by atoms with van der Waals surface area (Å²) in [5, 5.41) is 8.64. The first-order chi connectivity index (χ1) is 6.66. The van der Waals surface area contributed by atoms with Crippen molar-refractivity contribution >= 4 is 15.9 Å². The Morgan fingerprint density at radius 3 is 2.86 bits per heavy atom. The minimum Gasteiger partial charge on any atom is -0.396 e. The van der Waals surface area contributed by atoms with E-state index in [1.54, 1.807) is 12.1 Å². The van der Waals surface area contributed by atoms with Crippen LogP contribution in [0, 0.1) is 5.82 Å². The first-order valence-corrected chi connectivity index (χ1v) is 5.26. The van der Waals surface area contributed by atoms with Gasteiger partial charge < -0.3 is 10.8 Å². The third-order valence-electron chi connectivity index (χ3n) is 2.05. The van der Waals surface area contributed by atoms with Crippen molar-refractivity contribution in [2.75, 3.05) is 6.61 Å². The van der Waals surface area contributed by atoms with Crippen LogP contribution in [0.5, 0.6) is 0 Å². The third-order valence-corrected chi connectivity index (χ3v) is 2.89. The van der Waals surface area contributed by atoms with Gasteiger partial charge >= 0.3 is 0 Å². The fourth-order valence-corrected chi connectivity index (χ4v) is 1.83. The second-order valence-electron chi connectivity index (χ2n) is 3.12. The van der Waals surface area contributed by atoms with Gasteiger partial charge in [0.1, 0.15) is 5.82 Å². The summed E-state index contributed by atoms with van der Waals surface area (Å²) in [4.78, 5) is 0. The molecule has 0 saturated heterocycles. The summed E-state index contributed by atoms with van der Waals surface area (Å²) in [6, 6.07) is 4.57. The van der Waals surface area contributed by atoms with Gasteiger partial charge in [0.05, 0.1) is 4.47 Å². The van der Waals surface area contributed by atoms with E-state index in [9.17, 15) is 4.39 Å². The van der Waals surface area contributed by atoms with Gasteiger partial charge in [-0.1, -0.05) is 12.1 Å². The molecule has 0 aliphatic heterocycles. The van der Waals surface area contributed by atoms with E-state index >= 15 is 0 Å². The van der Waals surface area contributed by atoms with Crippen LogP contribution in [-0.4, -0.2) is 11.7 Å². The molecule has 0 spiro atoms. The minimum atomic E-state index is -0.304. The molecule has 0 heterocycles. The van der Waals surface area contributed by atoms with E-state index in [0.29, 0.717) is 17.3 Å². The Bertz CT molecular complexity index is 306. The van der Waals surface area contributed by atoms with Crippen LogP contribution in [0.25, 0.3) is 0 Å². The molecule has 0 aliphatic rings. The van der Waals surface area contributed by atoms with Gasteiger partial charge in [-0.3, -0.25) is 0 Å². The summed E-state index contributed by atoms with van der Waals surface area (Å²) in [5.41, 5.74) is 6.59. The number of aliphatic hydroxyl groups excluding tert-OH is 1. The molecule has 14 heavy (non-hydrogen) atoms. The summed E-state index contributed by atoms with van der Waals surface area (Å²) in [5.74, 6) is -0.304. The van der Waals surface area contributed by atoms with E-state index in [0.717, 1.165) is 5.56 Å². The lowest BCUT2D eigenvalue weighted by molar-refractivity contribution is 0.280. The van der Waals surface area contributed by atoms with Crippen LogP contribution < -0.4 is 5.73 Å². The molecular weight excluding hydrogens is 249 g/mol. The summed E-state index contributed by atoms with van der Waals surface area (Å²) in [6.45, 7) is 0.112. The van der Waals surface area contributed by atoms with Gasteiger partial charge in [-0.2, -0.15) is 0 Å². The quantitative estimate of drug-likeness (QED) is 0.874. The highest BCUT2D eigenvalue weighted by Crippen LogP contribution is 2.26. The fourth-order valence-electron chi connectivity index (χ4n) is 1.27. The average Bonchev–Trinajstić information content (AvgIpc) is 2.18. The third kappa shape index (κ3) is 2.77. The first-order valence-electron chi connectivity index (χ1n) is 4.47. The highest BCUT2D eigenvalue weighted by atomic mass is 79.9. The predicted molar refractivity (Wildman–Crippen MR) is 57.3 cm³/mol. The maximum atomic E-state index is 13.1. The molecule has 3 N–H and O–H groups in total. The molecule has 1 rings (SSSR count). The van der Waals surface area contributed by atoms with Gasteiger partial charge in [-0.05, 0) is 40.4 Å². The molecule has 4 heteroatoms. The number of benzene rings is 1. The van der Waals surface area contributed by atoms with Crippen LogP contribution in [0.4, 0.5) is 4.39 Å². The van der Waals surface area contributed by atoms with Crippen LogP contribution in [-0.2, 0) is 0 Å². The number of halogens is 2. The van der Waals surface area contributed by atoms with E-state index in [-0.39, 0.29) is 18.5 Å². The van der Waals surface area contributed by atoms with Gasteiger partial charge in [0, 0.05) is 12.6 Å². The zero-order valence-corrected chi connectivity index (χ0v) is 9.30. The Kier molecular flexibility index (Phi) is 4.51. The van der Waals surface area contributed by atoms with Crippen molar-refractivity contribution < 1.29 is 9.50 Å². The number of aliphatic hydroxyl groups is 1. The number of rotatable bonds is 4. The maximum absolute atomic E-state index is 13.1. The summed E-state index contributed by atoms with van der Waals surface area (Å²) < 4.78 is 13.5. The summed E-state index contributed by atoms with van der Waals surface area (Å²) in [7, 11) is 0. The van der Waals surface area contributed by atoms with Crippen molar-refractivity contribution in [1.82, 2.24) is 0 Å². The van der Waals surface area contributed by atoms with Crippen LogP contribution in [0.2, 0.25) is 0 Å². The molecular formula is C10H13BrFNO. The molecule has 78 valence electrons. The second kappa shape index (κ2) is 5.44. The molecule has 1 aromatic rings. The highest BCUT2D eigenvalue weighted by Gasteiger charge is 2.11. The second-order valence-corrected chi connectivity index (χ2v) is 3.91. The molecule has 1 aromatic carbocycles. The molecule has 0 amide bonds. The Morgan fingerprint density at radius 2 is 2.21 bits per heavy atom. The van der Waals surface area contributed by atoms with Gasteiger partial charge in [-0.15, -0.1) is 0 Å². The van der Waals surface area contributed by atoms with Crippen molar-refractivity contribution in [3.63, 3.8) is 0 Å². The molecule has 0 radical (unpaired) electrons. The lowest BCUT2D eigenvalue weighted by Gasteiger charge is -2.13. The average molecular weight is 262 g/mol. The SMILES string of the molecule is N[C@@H](CCCO)c1cccc(F)c1Br. The topological polar surface area (TPSA) is 46.2 Å². The van der Waals surface area contributed by atoms with Crippen LogP contribution in [0.15, 0.2) is 22.7 Å². The Labute approximate surface area is 91.1 Å². The highest BCUT2D eigenvalue weighted by molar-refractivity contribution is 9.10. The molecule has 0 fully saturated rings. The predicted octanol–water partition coefficient (Wildman–Crippen LogP) is 2.36. The van der Waals surface area contributed by atoms with E-state index in [4.69, 9.17) is 10.8 Å². The lowest BCUT2D eigenvalue weighted by Crippen LogP contribution is -2.12. The van der Waals surface area contributed by atoms with Crippen LogP contribution in [0.1, 0.15) is 24.4 Å². The van der Waals surface area contributed by atoms with Crippen molar-refractivity contribution in [3.05, 3.63) is 34.1 Å².